The van der Waals surface area contributed by atoms with Gasteiger partial charge in [-0.2, -0.15) is 0 Å². The summed E-state index contributed by atoms with van der Waals surface area (Å²) in [5, 5.41) is 10.9. The van der Waals surface area contributed by atoms with Crippen LogP contribution in [-0.4, -0.2) is 18.8 Å². The van der Waals surface area contributed by atoms with Gasteiger partial charge in [0.2, 0.25) is 10.0 Å². The number of hydrogen-bond donors (Lipinski definition) is 2. The van der Waals surface area contributed by atoms with E-state index in [1.165, 1.54) is 0 Å². The van der Waals surface area contributed by atoms with Crippen molar-refractivity contribution in [3.8, 4) is 5.75 Å². The number of anilines is 1. The Hall–Kier alpha value is -2.28. The van der Waals surface area contributed by atoms with Crippen LogP contribution in [0.1, 0.15) is 99.0 Å². The van der Waals surface area contributed by atoms with E-state index in [1.54, 1.807) is 6.07 Å². The number of benzene rings is 1. The van der Waals surface area contributed by atoms with E-state index in [0.717, 1.165) is 75.3 Å². The van der Waals surface area contributed by atoms with Crippen LogP contribution in [0.4, 0.5) is 5.69 Å². The summed E-state index contributed by atoms with van der Waals surface area (Å²) in [6.45, 7) is 0. The lowest BCUT2D eigenvalue weighted by molar-refractivity contribution is 0.382. The van der Waals surface area contributed by atoms with Gasteiger partial charge in [0.05, 0.1) is 10.8 Å². The number of sulfonamides is 1. The highest BCUT2D eigenvalue weighted by atomic mass is 32.2. The molecule has 0 aliphatic heterocycles. The Balaban J connectivity index is 1.49. The standard InChI is InChI=1S/C27H35NO5S/c29-26-22-13-6-1-2-7-14-23(22)33-27(30)25(26)24(18-15-16-18)19-9-8-10-20(17-19)28-34(31,32)21-11-4-3-5-12-21/h8-10,17-18,21,24,28-29H,1-7,11-16H2. The van der Waals surface area contributed by atoms with Crippen molar-refractivity contribution in [3.05, 3.63) is 57.1 Å². The molecule has 1 aromatic carbocycles. The first kappa shape index (κ1) is 23.5. The second-order valence-electron chi connectivity index (χ2n) is 10.3. The minimum Gasteiger partial charge on any atom is -0.507 e. The van der Waals surface area contributed by atoms with Crippen LogP contribution in [-0.2, 0) is 22.9 Å². The van der Waals surface area contributed by atoms with Crippen molar-refractivity contribution in [1.82, 2.24) is 0 Å². The number of fused-ring (bicyclic) bond motifs is 1. The molecule has 0 saturated heterocycles. The zero-order valence-electron chi connectivity index (χ0n) is 19.7. The van der Waals surface area contributed by atoms with Crippen molar-refractivity contribution in [2.75, 3.05) is 4.72 Å². The van der Waals surface area contributed by atoms with Gasteiger partial charge in [0.25, 0.3) is 0 Å². The van der Waals surface area contributed by atoms with Crippen LogP contribution in [0.5, 0.6) is 5.75 Å². The molecule has 3 aliphatic carbocycles. The second kappa shape index (κ2) is 9.76. The molecule has 3 aliphatic rings. The molecule has 2 N–H and O–H groups in total. The predicted octanol–water partition coefficient (Wildman–Crippen LogP) is 5.62. The molecule has 2 saturated carbocycles. The number of aryl methyl sites for hydroxylation is 1. The minimum absolute atomic E-state index is 0.0956. The van der Waals surface area contributed by atoms with E-state index in [2.05, 4.69) is 4.72 Å². The summed E-state index contributed by atoms with van der Waals surface area (Å²) < 4.78 is 34.5. The summed E-state index contributed by atoms with van der Waals surface area (Å²) in [5.74, 6) is 0.671. The highest BCUT2D eigenvalue weighted by molar-refractivity contribution is 7.93. The van der Waals surface area contributed by atoms with Crippen LogP contribution in [0.15, 0.2) is 33.5 Å². The Labute approximate surface area is 201 Å². The average Bonchev–Trinajstić information content (AvgIpc) is 3.63. The van der Waals surface area contributed by atoms with E-state index in [1.807, 2.05) is 18.2 Å². The van der Waals surface area contributed by atoms with E-state index in [0.29, 0.717) is 36.3 Å². The summed E-state index contributed by atoms with van der Waals surface area (Å²) >= 11 is 0. The molecule has 1 unspecified atom stereocenters. The van der Waals surface area contributed by atoms with E-state index < -0.39 is 15.6 Å². The maximum atomic E-state index is 13.1. The molecule has 34 heavy (non-hydrogen) atoms. The SMILES string of the molecule is O=c1oc2c(c(O)c1C(c1cccc(NS(=O)(=O)C3CCCCC3)c1)C1CC1)CCCCCC2. The fourth-order valence-corrected chi connectivity index (χ4v) is 7.39. The molecule has 1 heterocycles. The molecule has 5 rings (SSSR count). The van der Waals surface area contributed by atoms with E-state index in [4.69, 9.17) is 4.42 Å². The third-order valence-corrected chi connectivity index (χ3v) is 9.66. The summed E-state index contributed by atoms with van der Waals surface area (Å²) in [4.78, 5) is 13.1. The van der Waals surface area contributed by atoms with Crippen molar-refractivity contribution in [1.29, 1.82) is 0 Å². The molecule has 0 bridgehead atoms. The van der Waals surface area contributed by atoms with Gasteiger partial charge in [-0.25, -0.2) is 13.2 Å². The quantitative estimate of drug-likeness (QED) is 0.553. The third-order valence-electron chi connectivity index (χ3n) is 7.80. The largest absolute Gasteiger partial charge is 0.507 e. The smallest absolute Gasteiger partial charge is 0.343 e. The van der Waals surface area contributed by atoms with Crippen molar-refractivity contribution in [2.45, 2.75) is 94.6 Å². The Morgan fingerprint density at radius 1 is 0.941 bits per heavy atom. The zero-order valence-corrected chi connectivity index (χ0v) is 20.5. The Morgan fingerprint density at radius 3 is 2.38 bits per heavy atom. The zero-order chi connectivity index (χ0) is 23.7. The Bertz CT molecular complexity index is 1190. The van der Waals surface area contributed by atoms with Gasteiger partial charge in [0, 0.05) is 23.6 Å². The number of nitrogens with one attached hydrogen (secondary N) is 1. The van der Waals surface area contributed by atoms with Crippen LogP contribution >= 0.6 is 0 Å². The van der Waals surface area contributed by atoms with Gasteiger partial charge in [0.15, 0.2) is 0 Å². The van der Waals surface area contributed by atoms with Crippen LogP contribution in [0.25, 0.3) is 0 Å². The average molecular weight is 486 g/mol. The van der Waals surface area contributed by atoms with Gasteiger partial charge >= 0.3 is 5.63 Å². The monoisotopic (exact) mass is 485 g/mol. The molecule has 1 aromatic heterocycles. The van der Waals surface area contributed by atoms with Gasteiger partial charge in [-0.1, -0.05) is 44.2 Å². The lowest BCUT2D eigenvalue weighted by Gasteiger charge is -2.24. The number of rotatable bonds is 6. The number of hydrogen-bond acceptors (Lipinski definition) is 5. The predicted molar refractivity (Wildman–Crippen MR) is 133 cm³/mol. The van der Waals surface area contributed by atoms with Gasteiger partial charge in [-0.05, 0) is 68.6 Å². The normalized spacial score (nSPS) is 20.7. The number of aromatic hydroxyl groups is 1. The molecule has 7 heteroatoms. The van der Waals surface area contributed by atoms with Gasteiger partial charge in [0.1, 0.15) is 11.5 Å². The molecule has 1 atom stereocenters. The highest BCUT2D eigenvalue weighted by Crippen LogP contribution is 2.49. The molecule has 184 valence electrons. The van der Waals surface area contributed by atoms with Crippen molar-refractivity contribution < 1.29 is 17.9 Å². The summed E-state index contributed by atoms with van der Waals surface area (Å²) in [5.41, 5.74) is 2.04. The van der Waals surface area contributed by atoms with Crippen molar-refractivity contribution in [3.63, 3.8) is 0 Å². The van der Waals surface area contributed by atoms with E-state index >= 15 is 0 Å². The lowest BCUT2D eigenvalue weighted by Crippen LogP contribution is -2.29. The second-order valence-corrected chi connectivity index (χ2v) is 12.3. The molecule has 0 radical (unpaired) electrons. The van der Waals surface area contributed by atoms with Gasteiger partial charge < -0.3 is 9.52 Å². The summed E-state index contributed by atoms with van der Waals surface area (Å²) in [7, 11) is -3.46. The third kappa shape index (κ3) is 4.90. The lowest BCUT2D eigenvalue weighted by atomic mass is 9.85. The highest BCUT2D eigenvalue weighted by Gasteiger charge is 2.38. The van der Waals surface area contributed by atoms with Crippen LogP contribution in [0.2, 0.25) is 0 Å². The maximum absolute atomic E-state index is 13.1. The summed E-state index contributed by atoms with van der Waals surface area (Å²) in [6.07, 6.45) is 11.9. The Kier molecular flexibility index (Phi) is 6.74. The first-order valence-corrected chi connectivity index (χ1v) is 14.5. The fourth-order valence-electron chi connectivity index (χ4n) is 5.82. The maximum Gasteiger partial charge on any atom is 0.343 e. The van der Waals surface area contributed by atoms with Gasteiger partial charge in [-0.15, -0.1) is 0 Å². The fraction of sp³-hybridized carbons (Fsp3) is 0.593. The van der Waals surface area contributed by atoms with Crippen molar-refractivity contribution >= 4 is 15.7 Å². The minimum atomic E-state index is -3.46. The van der Waals surface area contributed by atoms with Gasteiger partial charge in [-0.3, -0.25) is 4.72 Å². The first-order valence-electron chi connectivity index (χ1n) is 12.9. The summed E-state index contributed by atoms with van der Waals surface area (Å²) in [6, 6.07) is 7.35. The van der Waals surface area contributed by atoms with Crippen LogP contribution < -0.4 is 10.3 Å². The van der Waals surface area contributed by atoms with E-state index in [9.17, 15) is 18.3 Å². The van der Waals surface area contributed by atoms with Crippen LogP contribution in [0, 0.1) is 5.92 Å². The molecule has 0 spiro atoms. The Morgan fingerprint density at radius 2 is 1.65 bits per heavy atom. The molecule has 2 aromatic rings. The topological polar surface area (TPSA) is 96.6 Å². The van der Waals surface area contributed by atoms with Crippen LogP contribution in [0.3, 0.4) is 0 Å². The van der Waals surface area contributed by atoms with E-state index in [-0.39, 0.29) is 22.8 Å². The molecular formula is C27H35NO5S. The van der Waals surface area contributed by atoms with Crippen molar-refractivity contribution in [2.24, 2.45) is 5.92 Å². The molecule has 2 fully saturated rings. The molecule has 6 nitrogen and oxygen atoms in total. The molecule has 0 amide bonds. The molecular weight excluding hydrogens is 450 g/mol. The first-order chi connectivity index (χ1) is 16.4.